The average Bonchev–Trinajstić information content (AvgIpc) is 2.98. The van der Waals surface area contributed by atoms with Crippen molar-refractivity contribution in [3.05, 3.63) is 53.1 Å². The molecule has 1 atom stereocenters. The normalized spacial score (nSPS) is 16.9. The number of Topliss-reactive ketones (excluding diaryl/α,β-unsaturated/α-hetero) is 1. The lowest BCUT2D eigenvalue weighted by Gasteiger charge is -2.25. The predicted octanol–water partition coefficient (Wildman–Crippen LogP) is 3.32. The highest BCUT2D eigenvalue weighted by Gasteiger charge is 2.24. The van der Waals surface area contributed by atoms with Crippen molar-refractivity contribution in [1.82, 2.24) is 10.3 Å². The molecule has 2 N–H and O–H groups in total. The van der Waals surface area contributed by atoms with Crippen LogP contribution in [0.3, 0.4) is 0 Å². The molecule has 6 heteroatoms. The molecule has 0 aliphatic carbocycles. The van der Waals surface area contributed by atoms with Crippen LogP contribution in [0, 0.1) is 5.82 Å². The first kappa shape index (κ1) is 14.8. The van der Waals surface area contributed by atoms with E-state index in [-0.39, 0.29) is 23.5 Å². The Kier molecular flexibility index (Phi) is 4.02. The van der Waals surface area contributed by atoms with Crippen LogP contribution in [0.25, 0.3) is 0 Å². The molecule has 22 heavy (non-hydrogen) atoms. The number of benzene rings is 1. The molecule has 0 bridgehead atoms. The number of amides is 1. The van der Waals surface area contributed by atoms with Gasteiger partial charge in [0, 0.05) is 22.4 Å². The van der Waals surface area contributed by atoms with Gasteiger partial charge in [-0.25, -0.2) is 4.39 Å². The lowest BCUT2D eigenvalue weighted by molar-refractivity contribution is 0.0930. The smallest absolute Gasteiger partial charge is 0.268 e. The summed E-state index contributed by atoms with van der Waals surface area (Å²) in [5, 5.41) is 2.91. The largest absolute Gasteiger partial charge is 0.356 e. The van der Waals surface area contributed by atoms with Crippen LogP contribution in [-0.2, 0) is 0 Å². The molecular formula is C16H15FN2O2S. The monoisotopic (exact) mass is 318 g/mol. The summed E-state index contributed by atoms with van der Waals surface area (Å²) in [5.41, 5.74) is 1.61. The summed E-state index contributed by atoms with van der Waals surface area (Å²) < 4.78 is 13.5. The van der Waals surface area contributed by atoms with E-state index in [4.69, 9.17) is 0 Å². The number of hydrogen-bond acceptors (Lipinski definition) is 3. The number of carbonyl (C=O) groups excluding carboxylic acids is 2. The summed E-state index contributed by atoms with van der Waals surface area (Å²) in [6.45, 7) is 1.45. The second kappa shape index (κ2) is 5.96. The van der Waals surface area contributed by atoms with Crippen molar-refractivity contribution in [2.75, 3.05) is 5.75 Å². The number of fused-ring (bicyclic) bond motifs is 1. The standard InChI is InChI=1S/C16H15FN2O2S/c1-9(20)10-6-14(18-8-10)16(21)19-13-4-5-22-15-3-2-11(17)7-12(13)15/h2-3,6-8,13,18H,4-5H2,1H3,(H,19,21). The zero-order valence-corrected chi connectivity index (χ0v) is 12.8. The zero-order valence-electron chi connectivity index (χ0n) is 12.0. The van der Waals surface area contributed by atoms with Crippen molar-refractivity contribution in [1.29, 1.82) is 0 Å². The maximum Gasteiger partial charge on any atom is 0.268 e. The summed E-state index contributed by atoms with van der Waals surface area (Å²) in [5.74, 6) is 0.170. The highest BCUT2D eigenvalue weighted by atomic mass is 32.2. The number of rotatable bonds is 3. The van der Waals surface area contributed by atoms with Crippen LogP contribution in [0.2, 0.25) is 0 Å². The molecule has 1 aromatic carbocycles. The second-order valence-electron chi connectivity index (χ2n) is 5.20. The molecule has 0 saturated heterocycles. The molecule has 1 amide bonds. The van der Waals surface area contributed by atoms with Crippen LogP contribution in [0.15, 0.2) is 35.4 Å². The Morgan fingerprint density at radius 3 is 2.91 bits per heavy atom. The van der Waals surface area contributed by atoms with Gasteiger partial charge in [-0.05, 0) is 43.2 Å². The Labute approximate surface area is 131 Å². The second-order valence-corrected chi connectivity index (χ2v) is 6.34. The van der Waals surface area contributed by atoms with E-state index in [2.05, 4.69) is 10.3 Å². The Morgan fingerprint density at radius 2 is 2.18 bits per heavy atom. The lowest BCUT2D eigenvalue weighted by atomic mass is 10.0. The highest BCUT2D eigenvalue weighted by molar-refractivity contribution is 7.99. The van der Waals surface area contributed by atoms with Crippen molar-refractivity contribution in [3.8, 4) is 0 Å². The van der Waals surface area contributed by atoms with E-state index in [0.717, 1.165) is 22.6 Å². The van der Waals surface area contributed by atoms with Gasteiger partial charge >= 0.3 is 0 Å². The number of nitrogens with one attached hydrogen (secondary N) is 2. The molecule has 1 unspecified atom stereocenters. The van der Waals surface area contributed by atoms with Crippen LogP contribution < -0.4 is 5.32 Å². The Bertz CT molecular complexity index is 741. The first-order valence-corrected chi connectivity index (χ1v) is 7.95. The number of hydrogen-bond donors (Lipinski definition) is 2. The first-order chi connectivity index (χ1) is 10.5. The van der Waals surface area contributed by atoms with E-state index in [9.17, 15) is 14.0 Å². The van der Waals surface area contributed by atoms with Crippen LogP contribution in [0.4, 0.5) is 4.39 Å². The number of thioether (sulfide) groups is 1. The summed E-state index contributed by atoms with van der Waals surface area (Å²) in [6.07, 6.45) is 2.26. The first-order valence-electron chi connectivity index (χ1n) is 6.97. The highest BCUT2D eigenvalue weighted by Crippen LogP contribution is 2.36. The summed E-state index contributed by atoms with van der Waals surface area (Å²) in [4.78, 5) is 27.4. The van der Waals surface area contributed by atoms with Gasteiger partial charge < -0.3 is 10.3 Å². The molecule has 2 aromatic rings. The van der Waals surface area contributed by atoms with E-state index < -0.39 is 0 Å². The number of aromatic amines is 1. The zero-order chi connectivity index (χ0) is 15.7. The third-order valence-electron chi connectivity index (χ3n) is 3.65. The Hall–Kier alpha value is -2.08. The van der Waals surface area contributed by atoms with Gasteiger partial charge in [0.05, 0.1) is 6.04 Å². The number of halogens is 1. The molecule has 1 aliphatic heterocycles. The number of ketones is 1. The summed E-state index contributed by atoms with van der Waals surface area (Å²) in [7, 11) is 0. The van der Waals surface area contributed by atoms with Gasteiger partial charge in [-0.2, -0.15) is 0 Å². The molecule has 1 aromatic heterocycles. The van der Waals surface area contributed by atoms with Gasteiger partial charge in [0.15, 0.2) is 5.78 Å². The SMILES string of the molecule is CC(=O)c1c[nH]c(C(=O)NC2CCSc3ccc(F)cc32)c1. The van der Waals surface area contributed by atoms with Gasteiger partial charge in [0.1, 0.15) is 11.5 Å². The van der Waals surface area contributed by atoms with Gasteiger partial charge in [-0.3, -0.25) is 9.59 Å². The number of H-pyrrole nitrogens is 1. The van der Waals surface area contributed by atoms with E-state index in [0.29, 0.717) is 11.3 Å². The van der Waals surface area contributed by atoms with Crippen LogP contribution >= 0.6 is 11.8 Å². The molecule has 4 nitrogen and oxygen atoms in total. The topological polar surface area (TPSA) is 62.0 Å². The quantitative estimate of drug-likeness (QED) is 0.853. The fraction of sp³-hybridized carbons (Fsp3) is 0.250. The Morgan fingerprint density at radius 1 is 1.36 bits per heavy atom. The molecule has 0 fully saturated rings. The minimum atomic E-state index is -0.306. The molecule has 3 rings (SSSR count). The molecule has 1 aliphatic rings. The van der Waals surface area contributed by atoms with Gasteiger partial charge in [0.25, 0.3) is 5.91 Å². The van der Waals surface area contributed by atoms with Crippen molar-refractivity contribution in [2.45, 2.75) is 24.3 Å². The minimum absolute atomic E-state index is 0.100. The molecule has 0 saturated carbocycles. The summed E-state index contributed by atoms with van der Waals surface area (Å²) >= 11 is 1.66. The Balaban J connectivity index is 1.80. The third kappa shape index (κ3) is 2.92. The molecular weight excluding hydrogens is 303 g/mol. The van der Waals surface area contributed by atoms with E-state index in [1.807, 2.05) is 0 Å². The molecule has 114 valence electrons. The number of carbonyl (C=O) groups is 2. The van der Waals surface area contributed by atoms with E-state index in [1.165, 1.54) is 31.3 Å². The number of aromatic nitrogens is 1. The molecule has 0 radical (unpaired) electrons. The predicted molar refractivity (Wildman–Crippen MR) is 82.7 cm³/mol. The van der Waals surface area contributed by atoms with Gasteiger partial charge in [-0.1, -0.05) is 0 Å². The summed E-state index contributed by atoms with van der Waals surface area (Å²) in [6, 6.07) is 5.96. The van der Waals surface area contributed by atoms with E-state index in [1.54, 1.807) is 17.8 Å². The van der Waals surface area contributed by atoms with Gasteiger partial charge in [0.2, 0.25) is 0 Å². The van der Waals surface area contributed by atoms with Crippen LogP contribution in [0.5, 0.6) is 0 Å². The lowest BCUT2D eigenvalue weighted by Crippen LogP contribution is -2.31. The fourth-order valence-corrected chi connectivity index (χ4v) is 3.59. The molecule has 2 heterocycles. The van der Waals surface area contributed by atoms with Crippen molar-refractivity contribution in [2.24, 2.45) is 0 Å². The maximum absolute atomic E-state index is 13.5. The van der Waals surface area contributed by atoms with E-state index >= 15 is 0 Å². The third-order valence-corrected chi connectivity index (χ3v) is 4.77. The molecule has 0 spiro atoms. The van der Waals surface area contributed by atoms with Crippen molar-refractivity contribution in [3.63, 3.8) is 0 Å². The van der Waals surface area contributed by atoms with Crippen molar-refractivity contribution < 1.29 is 14.0 Å². The van der Waals surface area contributed by atoms with Crippen LogP contribution in [0.1, 0.15) is 45.8 Å². The fourth-order valence-electron chi connectivity index (χ4n) is 2.48. The van der Waals surface area contributed by atoms with Gasteiger partial charge in [-0.15, -0.1) is 11.8 Å². The average molecular weight is 318 g/mol. The minimum Gasteiger partial charge on any atom is -0.356 e. The van der Waals surface area contributed by atoms with Crippen LogP contribution in [-0.4, -0.2) is 22.4 Å². The van der Waals surface area contributed by atoms with Crippen molar-refractivity contribution >= 4 is 23.5 Å². The maximum atomic E-state index is 13.5.